The summed E-state index contributed by atoms with van der Waals surface area (Å²) in [5, 5.41) is 12.2. The summed E-state index contributed by atoms with van der Waals surface area (Å²) in [6.07, 6.45) is 1.51. The molecule has 0 aliphatic heterocycles. The number of para-hydroxylation sites is 1. The third-order valence-electron chi connectivity index (χ3n) is 3.52. The van der Waals surface area contributed by atoms with Gasteiger partial charge >= 0.3 is 5.97 Å². The van der Waals surface area contributed by atoms with E-state index in [0.717, 1.165) is 0 Å². The van der Waals surface area contributed by atoms with E-state index in [1.165, 1.54) is 26.3 Å². The van der Waals surface area contributed by atoms with Crippen LogP contribution in [0.5, 0.6) is 0 Å². The van der Waals surface area contributed by atoms with E-state index < -0.39 is 17.4 Å². The van der Waals surface area contributed by atoms with Crippen molar-refractivity contribution >= 4 is 22.8 Å². The number of carboxylic acids is 1. The molecule has 0 saturated carbocycles. The number of benzene rings is 1. The van der Waals surface area contributed by atoms with Crippen molar-refractivity contribution < 1.29 is 19.4 Å². The molecule has 2 N–H and O–H groups in total. The molecule has 1 atom stereocenters. The predicted octanol–water partition coefficient (Wildman–Crippen LogP) is 0.607. The second-order valence-corrected chi connectivity index (χ2v) is 5.44. The van der Waals surface area contributed by atoms with Gasteiger partial charge in [0, 0.05) is 24.8 Å². The number of aromatic nitrogens is 1. The molecule has 1 aromatic carbocycles. The molecule has 0 aliphatic carbocycles. The zero-order chi connectivity index (χ0) is 17.0. The zero-order valence-corrected chi connectivity index (χ0v) is 12.9. The van der Waals surface area contributed by atoms with E-state index in [2.05, 4.69) is 5.32 Å². The van der Waals surface area contributed by atoms with Crippen molar-refractivity contribution in [3.05, 3.63) is 46.8 Å². The van der Waals surface area contributed by atoms with Crippen LogP contribution in [0.2, 0.25) is 0 Å². The van der Waals surface area contributed by atoms with Crippen LogP contribution in [0.4, 0.5) is 0 Å². The Morgan fingerprint density at radius 2 is 2.00 bits per heavy atom. The number of methoxy groups -OCH3 is 1. The normalized spacial score (nSPS) is 13.5. The average molecular weight is 318 g/mol. The molecule has 1 heterocycles. The Morgan fingerprint density at radius 3 is 2.65 bits per heavy atom. The van der Waals surface area contributed by atoms with Gasteiger partial charge in [-0.25, -0.2) is 4.79 Å². The molecule has 2 aromatic rings. The van der Waals surface area contributed by atoms with Crippen LogP contribution in [0.1, 0.15) is 6.92 Å². The van der Waals surface area contributed by atoms with Crippen molar-refractivity contribution in [2.45, 2.75) is 19.0 Å². The van der Waals surface area contributed by atoms with E-state index in [1.54, 1.807) is 28.8 Å². The summed E-state index contributed by atoms with van der Waals surface area (Å²) in [5.74, 6) is -1.67. The van der Waals surface area contributed by atoms with Crippen LogP contribution in [-0.2, 0) is 20.9 Å². The molecule has 0 radical (unpaired) electrons. The minimum atomic E-state index is -1.51. The summed E-state index contributed by atoms with van der Waals surface area (Å²) in [7, 11) is 1.36. The smallest absolute Gasteiger partial charge is 0.331 e. The lowest BCUT2D eigenvalue weighted by Gasteiger charge is -2.25. The SMILES string of the molecule is COCC(C)(NC(=O)Cn1ccc(=O)c2ccccc21)C(=O)O. The van der Waals surface area contributed by atoms with E-state index in [-0.39, 0.29) is 18.6 Å². The van der Waals surface area contributed by atoms with Gasteiger partial charge in [-0.3, -0.25) is 9.59 Å². The maximum atomic E-state index is 12.2. The van der Waals surface area contributed by atoms with E-state index in [1.807, 2.05) is 0 Å². The Kier molecular flexibility index (Phi) is 4.80. The topological polar surface area (TPSA) is 97.6 Å². The van der Waals surface area contributed by atoms with Gasteiger partial charge in [0.1, 0.15) is 6.54 Å². The Bertz CT molecular complexity index is 798. The van der Waals surface area contributed by atoms with Gasteiger partial charge in [0.15, 0.2) is 11.0 Å². The maximum Gasteiger partial charge on any atom is 0.331 e. The standard InChI is InChI=1S/C16H18N2O5/c1-16(10-23-2,15(21)22)17-14(20)9-18-8-7-13(19)11-5-3-4-6-12(11)18/h3-8H,9-10H2,1-2H3,(H,17,20)(H,21,22). The van der Waals surface area contributed by atoms with Crippen molar-refractivity contribution in [3.8, 4) is 0 Å². The molecule has 7 nitrogen and oxygen atoms in total. The number of ether oxygens (including phenoxy) is 1. The minimum absolute atomic E-state index is 0.104. The third-order valence-corrected chi connectivity index (χ3v) is 3.52. The molecule has 2 rings (SSSR count). The van der Waals surface area contributed by atoms with Crippen LogP contribution in [0, 0.1) is 0 Å². The van der Waals surface area contributed by atoms with Gasteiger partial charge in [-0.05, 0) is 19.1 Å². The average Bonchev–Trinajstić information content (AvgIpc) is 2.50. The summed E-state index contributed by atoms with van der Waals surface area (Å²) in [6.45, 7) is 1.12. The molecular formula is C16H18N2O5. The number of carboxylic acid groups (broad SMARTS) is 1. The van der Waals surface area contributed by atoms with Crippen LogP contribution in [0.3, 0.4) is 0 Å². The molecule has 0 saturated heterocycles. The number of pyridine rings is 1. The lowest BCUT2D eigenvalue weighted by atomic mass is 10.0. The van der Waals surface area contributed by atoms with Gasteiger partial charge in [0.2, 0.25) is 5.91 Å². The number of fused-ring (bicyclic) bond motifs is 1. The largest absolute Gasteiger partial charge is 0.479 e. The lowest BCUT2D eigenvalue weighted by Crippen LogP contribution is -2.56. The summed E-state index contributed by atoms with van der Waals surface area (Å²) in [4.78, 5) is 35.3. The molecule has 0 spiro atoms. The van der Waals surface area contributed by atoms with Crippen molar-refractivity contribution in [2.75, 3.05) is 13.7 Å². The first kappa shape index (κ1) is 16.7. The number of hydrogen-bond acceptors (Lipinski definition) is 4. The van der Waals surface area contributed by atoms with Crippen LogP contribution >= 0.6 is 0 Å². The van der Waals surface area contributed by atoms with Gasteiger partial charge in [0.25, 0.3) is 0 Å². The lowest BCUT2D eigenvalue weighted by molar-refractivity contribution is -0.149. The number of nitrogens with zero attached hydrogens (tertiary/aromatic N) is 1. The van der Waals surface area contributed by atoms with Crippen LogP contribution < -0.4 is 10.7 Å². The Morgan fingerprint density at radius 1 is 1.30 bits per heavy atom. The monoisotopic (exact) mass is 318 g/mol. The first-order valence-electron chi connectivity index (χ1n) is 6.99. The van der Waals surface area contributed by atoms with Crippen LogP contribution in [-0.4, -0.2) is 40.8 Å². The molecule has 122 valence electrons. The fraction of sp³-hybridized carbons (Fsp3) is 0.312. The fourth-order valence-electron chi connectivity index (χ4n) is 2.34. The summed E-state index contributed by atoms with van der Waals surface area (Å²) < 4.78 is 6.46. The van der Waals surface area contributed by atoms with Gasteiger partial charge in [0.05, 0.1) is 12.1 Å². The number of hydrogen-bond donors (Lipinski definition) is 2. The molecule has 0 aliphatic rings. The van der Waals surface area contributed by atoms with E-state index in [4.69, 9.17) is 4.74 Å². The van der Waals surface area contributed by atoms with Gasteiger partial charge in [-0.2, -0.15) is 0 Å². The maximum absolute atomic E-state index is 12.2. The minimum Gasteiger partial charge on any atom is -0.479 e. The van der Waals surface area contributed by atoms with Gasteiger partial charge in [-0.1, -0.05) is 12.1 Å². The third kappa shape index (κ3) is 3.57. The molecule has 0 fully saturated rings. The van der Waals surface area contributed by atoms with Crippen molar-refractivity contribution in [2.24, 2.45) is 0 Å². The number of aliphatic carboxylic acids is 1. The Balaban J connectivity index is 2.26. The first-order valence-corrected chi connectivity index (χ1v) is 6.99. The molecule has 0 bridgehead atoms. The van der Waals surface area contributed by atoms with E-state index in [0.29, 0.717) is 10.9 Å². The van der Waals surface area contributed by atoms with Crippen molar-refractivity contribution in [1.82, 2.24) is 9.88 Å². The van der Waals surface area contributed by atoms with Gasteiger partial charge < -0.3 is 19.7 Å². The molecule has 7 heteroatoms. The fourth-order valence-corrected chi connectivity index (χ4v) is 2.34. The van der Waals surface area contributed by atoms with Crippen LogP contribution in [0.15, 0.2) is 41.3 Å². The Labute approximate surface area is 132 Å². The Hall–Kier alpha value is -2.67. The van der Waals surface area contributed by atoms with E-state index in [9.17, 15) is 19.5 Å². The number of carbonyl (C=O) groups excluding carboxylic acids is 1. The highest BCUT2D eigenvalue weighted by molar-refractivity contribution is 5.87. The molecule has 23 heavy (non-hydrogen) atoms. The zero-order valence-electron chi connectivity index (χ0n) is 12.9. The molecule has 1 unspecified atom stereocenters. The van der Waals surface area contributed by atoms with Crippen LogP contribution in [0.25, 0.3) is 10.9 Å². The predicted molar refractivity (Wildman–Crippen MR) is 84.3 cm³/mol. The number of amides is 1. The highest BCUT2D eigenvalue weighted by atomic mass is 16.5. The molecule has 1 aromatic heterocycles. The highest BCUT2D eigenvalue weighted by Crippen LogP contribution is 2.10. The molecule has 1 amide bonds. The number of nitrogens with one attached hydrogen (secondary N) is 1. The second kappa shape index (κ2) is 6.62. The van der Waals surface area contributed by atoms with Crippen molar-refractivity contribution in [1.29, 1.82) is 0 Å². The summed E-state index contributed by atoms with van der Waals surface area (Å²) in [6, 6.07) is 8.30. The number of carbonyl (C=O) groups is 2. The number of rotatable bonds is 6. The summed E-state index contributed by atoms with van der Waals surface area (Å²) in [5.41, 5.74) is -1.04. The highest BCUT2D eigenvalue weighted by Gasteiger charge is 2.34. The first-order chi connectivity index (χ1) is 10.9. The van der Waals surface area contributed by atoms with Gasteiger partial charge in [-0.15, -0.1) is 0 Å². The quantitative estimate of drug-likeness (QED) is 0.813. The van der Waals surface area contributed by atoms with Crippen molar-refractivity contribution in [3.63, 3.8) is 0 Å². The summed E-state index contributed by atoms with van der Waals surface area (Å²) >= 11 is 0. The molecular weight excluding hydrogens is 300 g/mol. The second-order valence-electron chi connectivity index (χ2n) is 5.44. The van der Waals surface area contributed by atoms with E-state index >= 15 is 0 Å².